The summed E-state index contributed by atoms with van der Waals surface area (Å²) in [6.07, 6.45) is 11.5. The van der Waals surface area contributed by atoms with Gasteiger partial charge in [-0.2, -0.15) is 0 Å². The number of ketones is 1. The van der Waals surface area contributed by atoms with Crippen LogP contribution < -0.4 is 0 Å². The second-order valence-corrected chi connectivity index (χ2v) is 11.4. The largest absolute Gasteiger partial charge is 0.466 e. The molecule has 0 saturated carbocycles. The Labute approximate surface area is 235 Å². The summed E-state index contributed by atoms with van der Waals surface area (Å²) in [4.78, 5) is 28.5. The number of benzene rings is 2. The van der Waals surface area contributed by atoms with Crippen LogP contribution in [0.15, 0.2) is 48.5 Å². The molecule has 2 aromatic carbocycles. The Hall–Kier alpha value is -2.88. The summed E-state index contributed by atoms with van der Waals surface area (Å²) < 4.78 is 5.06. The number of fused-ring (bicyclic) bond motifs is 1. The van der Waals surface area contributed by atoms with E-state index in [0.717, 1.165) is 41.4 Å². The zero-order valence-electron chi connectivity index (χ0n) is 24.7. The van der Waals surface area contributed by atoms with Gasteiger partial charge in [-0.05, 0) is 74.5 Å². The predicted octanol–water partition coefficient (Wildman–Crippen LogP) is 9.36. The molecule has 3 rings (SSSR count). The van der Waals surface area contributed by atoms with Gasteiger partial charge in [0.2, 0.25) is 0 Å². The molecule has 4 heteroatoms. The molecule has 1 aromatic heterocycles. The number of aromatic amines is 1. The second-order valence-electron chi connectivity index (χ2n) is 11.4. The molecule has 0 fully saturated rings. The van der Waals surface area contributed by atoms with E-state index >= 15 is 0 Å². The van der Waals surface area contributed by atoms with Crippen LogP contribution in [0.1, 0.15) is 125 Å². The van der Waals surface area contributed by atoms with Gasteiger partial charge in [-0.3, -0.25) is 9.59 Å². The smallest absolute Gasteiger partial charge is 0.305 e. The van der Waals surface area contributed by atoms with E-state index in [1.807, 2.05) is 31.2 Å². The van der Waals surface area contributed by atoms with Crippen molar-refractivity contribution in [1.29, 1.82) is 0 Å². The lowest BCUT2D eigenvalue weighted by molar-refractivity contribution is -0.143. The summed E-state index contributed by atoms with van der Waals surface area (Å²) in [6.45, 7) is 9.05. The van der Waals surface area contributed by atoms with Gasteiger partial charge in [-0.25, -0.2) is 0 Å². The van der Waals surface area contributed by atoms with Gasteiger partial charge in [-0.15, -0.1) is 0 Å². The highest BCUT2D eigenvalue weighted by Gasteiger charge is 2.18. The molecule has 0 aliphatic heterocycles. The molecule has 1 heterocycles. The molecule has 0 aliphatic carbocycles. The summed E-state index contributed by atoms with van der Waals surface area (Å²) in [6, 6.07) is 17.4. The van der Waals surface area contributed by atoms with Crippen molar-refractivity contribution < 1.29 is 14.3 Å². The van der Waals surface area contributed by atoms with Crippen LogP contribution in [0.4, 0.5) is 0 Å². The van der Waals surface area contributed by atoms with E-state index in [0.29, 0.717) is 44.1 Å². The fraction of sp³-hybridized carbons (Fsp3) is 0.543. The SMILES string of the molecule is CCCC(CCCCCCC(=O)c1c(CCCC(=O)OCC)[nH]c2ccccc12)c1ccc(CC(C)C)cc1. The van der Waals surface area contributed by atoms with Crippen LogP contribution >= 0.6 is 0 Å². The van der Waals surface area contributed by atoms with E-state index in [1.165, 1.54) is 43.2 Å². The first kappa shape index (κ1) is 30.7. The van der Waals surface area contributed by atoms with Crippen LogP contribution in [0.25, 0.3) is 10.9 Å². The topological polar surface area (TPSA) is 59.2 Å². The number of H-pyrrole nitrogens is 1. The fourth-order valence-electron chi connectivity index (χ4n) is 5.72. The minimum absolute atomic E-state index is 0.175. The molecule has 0 radical (unpaired) electrons. The average Bonchev–Trinajstić information content (AvgIpc) is 3.28. The molecule has 0 saturated heterocycles. The van der Waals surface area contributed by atoms with Crippen molar-refractivity contribution in [3.05, 3.63) is 70.9 Å². The van der Waals surface area contributed by atoms with Crippen molar-refractivity contribution in [3.8, 4) is 0 Å². The van der Waals surface area contributed by atoms with Crippen LogP contribution in [0.5, 0.6) is 0 Å². The van der Waals surface area contributed by atoms with E-state index in [1.54, 1.807) is 0 Å². The van der Waals surface area contributed by atoms with E-state index in [9.17, 15) is 9.59 Å². The van der Waals surface area contributed by atoms with Gasteiger partial charge in [-0.1, -0.05) is 88.9 Å². The Bertz CT molecular complexity index is 1160. The number of aromatic nitrogens is 1. The third-order valence-corrected chi connectivity index (χ3v) is 7.61. The van der Waals surface area contributed by atoms with Gasteiger partial charge in [0.15, 0.2) is 5.78 Å². The number of hydrogen-bond acceptors (Lipinski definition) is 3. The highest BCUT2D eigenvalue weighted by atomic mass is 16.5. The van der Waals surface area contributed by atoms with Crippen molar-refractivity contribution >= 4 is 22.7 Å². The fourth-order valence-corrected chi connectivity index (χ4v) is 5.72. The van der Waals surface area contributed by atoms with E-state index < -0.39 is 0 Å². The van der Waals surface area contributed by atoms with Crippen molar-refractivity contribution in [3.63, 3.8) is 0 Å². The molecule has 4 nitrogen and oxygen atoms in total. The molecular weight excluding hydrogens is 482 g/mol. The number of Topliss-reactive ketones (excluding diaryl/α,β-unsaturated/α-hetero) is 1. The number of ether oxygens (including phenoxy) is 1. The zero-order chi connectivity index (χ0) is 28.0. The van der Waals surface area contributed by atoms with Gasteiger partial charge in [0.1, 0.15) is 0 Å². The highest BCUT2D eigenvalue weighted by Crippen LogP contribution is 2.29. The monoisotopic (exact) mass is 531 g/mol. The van der Waals surface area contributed by atoms with Crippen molar-refractivity contribution in [1.82, 2.24) is 4.98 Å². The molecule has 1 N–H and O–H groups in total. The Balaban J connectivity index is 1.48. The first-order valence-corrected chi connectivity index (χ1v) is 15.3. The Kier molecular flexibility index (Phi) is 12.8. The number of esters is 1. The molecule has 0 aliphatic rings. The maximum Gasteiger partial charge on any atom is 0.305 e. The molecular formula is C35H49NO3. The number of rotatable bonds is 18. The second kappa shape index (κ2) is 16.3. The number of nitrogens with one attached hydrogen (secondary N) is 1. The van der Waals surface area contributed by atoms with E-state index in [-0.39, 0.29) is 11.8 Å². The van der Waals surface area contributed by atoms with Crippen molar-refractivity contribution in [2.75, 3.05) is 6.61 Å². The van der Waals surface area contributed by atoms with Crippen molar-refractivity contribution in [2.45, 2.75) is 111 Å². The van der Waals surface area contributed by atoms with Crippen LogP contribution in [-0.2, 0) is 22.4 Å². The normalized spacial score (nSPS) is 12.2. The first-order valence-electron chi connectivity index (χ1n) is 15.3. The molecule has 39 heavy (non-hydrogen) atoms. The third-order valence-electron chi connectivity index (χ3n) is 7.61. The lowest BCUT2D eigenvalue weighted by Crippen LogP contribution is -2.06. The number of carbonyl (C=O) groups excluding carboxylic acids is 2. The minimum Gasteiger partial charge on any atom is -0.466 e. The maximum atomic E-state index is 13.3. The quantitative estimate of drug-likeness (QED) is 0.101. The molecule has 0 spiro atoms. The summed E-state index contributed by atoms with van der Waals surface area (Å²) >= 11 is 0. The average molecular weight is 532 g/mol. The van der Waals surface area contributed by atoms with Crippen LogP contribution in [0, 0.1) is 5.92 Å². The highest BCUT2D eigenvalue weighted by molar-refractivity contribution is 6.09. The lowest BCUT2D eigenvalue weighted by Gasteiger charge is -2.17. The number of para-hydroxylation sites is 1. The zero-order valence-corrected chi connectivity index (χ0v) is 24.7. The van der Waals surface area contributed by atoms with Gasteiger partial charge in [0.05, 0.1) is 6.61 Å². The summed E-state index contributed by atoms with van der Waals surface area (Å²) in [5.74, 6) is 1.36. The van der Waals surface area contributed by atoms with Gasteiger partial charge >= 0.3 is 5.97 Å². The lowest BCUT2D eigenvalue weighted by atomic mass is 9.88. The molecule has 3 aromatic rings. The van der Waals surface area contributed by atoms with Gasteiger partial charge < -0.3 is 9.72 Å². The third kappa shape index (κ3) is 9.67. The van der Waals surface area contributed by atoms with Crippen molar-refractivity contribution in [2.24, 2.45) is 5.92 Å². The summed E-state index contributed by atoms with van der Waals surface area (Å²) in [7, 11) is 0. The maximum absolute atomic E-state index is 13.3. The first-order chi connectivity index (χ1) is 18.9. The van der Waals surface area contributed by atoms with Crippen LogP contribution in [0.2, 0.25) is 0 Å². The summed E-state index contributed by atoms with van der Waals surface area (Å²) in [5, 5.41) is 0.996. The molecule has 1 atom stereocenters. The van der Waals surface area contributed by atoms with Gasteiger partial charge in [0.25, 0.3) is 0 Å². The number of carbonyl (C=O) groups is 2. The number of aryl methyl sites for hydroxylation is 1. The van der Waals surface area contributed by atoms with Crippen LogP contribution in [-0.4, -0.2) is 23.3 Å². The Morgan fingerprint density at radius 2 is 1.59 bits per heavy atom. The number of hydrogen-bond donors (Lipinski definition) is 1. The standard InChI is InChI=1S/C35H49NO3/c1-5-14-28(29-23-21-27(22-24-29)25-26(3)4)15-9-7-8-10-19-33(37)35-30-16-11-12-17-31(30)36-32(35)18-13-20-34(38)39-6-2/h11-12,16-17,21-24,26,28,36H,5-10,13-15,18-20,25H2,1-4H3. The van der Waals surface area contributed by atoms with E-state index in [4.69, 9.17) is 4.74 Å². The van der Waals surface area contributed by atoms with Crippen LogP contribution in [0.3, 0.4) is 0 Å². The molecule has 212 valence electrons. The number of unbranched alkanes of at least 4 members (excludes halogenated alkanes) is 3. The Morgan fingerprint density at radius 3 is 2.31 bits per heavy atom. The molecule has 0 amide bonds. The summed E-state index contributed by atoms with van der Waals surface area (Å²) in [5.41, 5.74) is 5.68. The van der Waals surface area contributed by atoms with Gasteiger partial charge in [0, 0.05) is 35.0 Å². The minimum atomic E-state index is -0.175. The van der Waals surface area contributed by atoms with E-state index in [2.05, 4.69) is 50.0 Å². The molecule has 1 unspecified atom stereocenters. The Morgan fingerprint density at radius 1 is 0.846 bits per heavy atom. The predicted molar refractivity (Wildman–Crippen MR) is 163 cm³/mol. The molecule has 0 bridgehead atoms.